The van der Waals surface area contributed by atoms with Gasteiger partial charge in [-0.2, -0.15) is 0 Å². The molecule has 0 saturated carbocycles. The Balaban J connectivity index is -0.000000405. The minimum absolute atomic E-state index is 0. The van der Waals surface area contributed by atoms with Crippen molar-refractivity contribution in [2.24, 2.45) is 0 Å². The predicted molar refractivity (Wildman–Crippen MR) is 34.3 cm³/mol. The molecule has 0 bridgehead atoms. The van der Waals surface area contributed by atoms with Gasteiger partial charge in [-0.1, -0.05) is 6.58 Å². The molecule has 9 heteroatoms. The molecular formula is C2H7NaO6P2. The normalized spacial score (nSPS) is 12.0. The molecule has 0 aliphatic carbocycles. The van der Waals surface area contributed by atoms with E-state index in [9.17, 15) is 9.13 Å². The van der Waals surface area contributed by atoms with Crippen molar-refractivity contribution in [2.45, 2.75) is 0 Å². The molecule has 0 unspecified atom stereocenters. The van der Waals surface area contributed by atoms with E-state index in [1.165, 1.54) is 0 Å². The molecule has 0 aliphatic rings. The van der Waals surface area contributed by atoms with Crippen molar-refractivity contribution in [3.63, 3.8) is 0 Å². The van der Waals surface area contributed by atoms with Gasteiger partial charge in [0, 0.05) is 0 Å². The molecule has 6 nitrogen and oxygen atoms in total. The second-order valence-corrected chi connectivity index (χ2v) is 5.11. The van der Waals surface area contributed by atoms with Gasteiger partial charge in [-0.25, -0.2) is 0 Å². The predicted octanol–water partition coefficient (Wildman–Crippen LogP) is -3.07. The standard InChI is InChI=1S/C2H6O6P2.Na.H/c1-2(9(3,4)5)10(6,7)8;;/h1H2,(H2,3,4,5)(H2,6,7,8);;/q;+1;-1. The first-order valence-corrected chi connectivity index (χ1v) is 5.19. The van der Waals surface area contributed by atoms with Gasteiger partial charge in [0.15, 0.2) is 0 Å². The van der Waals surface area contributed by atoms with Crippen LogP contribution in [0.3, 0.4) is 0 Å². The second kappa shape index (κ2) is 4.33. The molecule has 0 rings (SSSR count). The van der Waals surface area contributed by atoms with Gasteiger partial charge in [0.2, 0.25) is 0 Å². The molecule has 11 heavy (non-hydrogen) atoms. The smallest absolute Gasteiger partial charge is 1.00 e. The molecule has 0 heterocycles. The fourth-order valence-corrected chi connectivity index (χ4v) is 1.53. The van der Waals surface area contributed by atoms with Gasteiger partial charge in [-0.05, 0) is 0 Å². The van der Waals surface area contributed by atoms with Crippen LogP contribution in [-0.2, 0) is 9.13 Å². The van der Waals surface area contributed by atoms with E-state index >= 15 is 0 Å². The molecule has 0 atom stereocenters. The van der Waals surface area contributed by atoms with Crippen LogP contribution >= 0.6 is 15.2 Å². The van der Waals surface area contributed by atoms with Crippen molar-refractivity contribution in [3.8, 4) is 0 Å². The number of hydrogen-bond donors (Lipinski definition) is 4. The third kappa shape index (κ3) is 5.31. The Morgan fingerprint density at radius 2 is 1.27 bits per heavy atom. The minimum atomic E-state index is -4.84. The van der Waals surface area contributed by atoms with E-state index in [1.54, 1.807) is 0 Å². The molecule has 0 fully saturated rings. The number of hydrogen-bond acceptors (Lipinski definition) is 2. The monoisotopic (exact) mass is 212 g/mol. The Kier molecular flexibility index (Phi) is 5.72. The summed E-state index contributed by atoms with van der Waals surface area (Å²) in [4.78, 5) is 32.6. The molecule has 62 valence electrons. The molecule has 0 radical (unpaired) electrons. The maximum atomic E-state index is 10.1. The molecule has 4 N–H and O–H groups in total. The summed E-state index contributed by atoms with van der Waals surface area (Å²) in [6.07, 6.45) is 0. The average molecular weight is 212 g/mol. The van der Waals surface area contributed by atoms with Gasteiger partial charge >= 0.3 is 44.7 Å². The van der Waals surface area contributed by atoms with Crippen LogP contribution in [0.4, 0.5) is 0 Å². The van der Waals surface area contributed by atoms with Crippen molar-refractivity contribution >= 4 is 15.2 Å². The van der Waals surface area contributed by atoms with Crippen LogP contribution in [0.5, 0.6) is 0 Å². The topological polar surface area (TPSA) is 115 Å². The van der Waals surface area contributed by atoms with Crippen molar-refractivity contribution in [3.05, 3.63) is 11.6 Å². The van der Waals surface area contributed by atoms with Crippen LogP contribution in [0.2, 0.25) is 0 Å². The van der Waals surface area contributed by atoms with E-state index < -0.39 is 20.2 Å². The summed E-state index contributed by atoms with van der Waals surface area (Å²) in [5, 5.41) is -1.35. The first-order chi connectivity index (χ1) is 4.15. The van der Waals surface area contributed by atoms with Crippen molar-refractivity contribution in [1.29, 1.82) is 0 Å². The Morgan fingerprint density at radius 3 is 1.27 bits per heavy atom. The second-order valence-electron chi connectivity index (χ2n) is 1.50. The fourth-order valence-electron chi connectivity index (χ4n) is 0.170. The first-order valence-electron chi connectivity index (χ1n) is 1.97. The summed E-state index contributed by atoms with van der Waals surface area (Å²) in [6.45, 7) is 2.57. The maximum Gasteiger partial charge on any atom is 1.00 e. The molecular weight excluding hydrogens is 205 g/mol. The summed E-state index contributed by atoms with van der Waals surface area (Å²) < 4.78 is 20.2. The molecule has 0 aromatic heterocycles. The van der Waals surface area contributed by atoms with E-state index in [0.717, 1.165) is 0 Å². The quantitative estimate of drug-likeness (QED) is 0.285. The summed E-state index contributed by atoms with van der Waals surface area (Å²) in [5.41, 5.74) is 0. The Hall–Kier alpha value is 1.04. The van der Waals surface area contributed by atoms with E-state index in [2.05, 4.69) is 6.58 Å². The Labute approximate surface area is 86.4 Å². The number of rotatable bonds is 2. The van der Waals surface area contributed by atoms with Crippen molar-refractivity contribution in [2.75, 3.05) is 0 Å². The van der Waals surface area contributed by atoms with E-state index in [1.807, 2.05) is 0 Å². The largest absolute Gasteiger partial charge is 1.00 e. The van der Waals surface area contributed by atoms with E-state index in [4.69, 9.17) is 19.6 Å². The minimum Gasteiger partial charge on any atom is -1.00 e. The third-order valence-electron chi connectivity index (χ3n) is 0.672. The SMILES string of the molecule is C=C(P(=O)(O)O)P(=O)(O)O.[H-].[Na+]. The zero-order chi connectivity index (χ0) is 8.58. The van der Waals surface area contributed by atoms with Crippen molar-refractivity contribution < 1.29 is 59.7 Å². The third-order valence-corrected chi connectivity index (χ3v) is 3.58. The molecule has 0 aliphatic heterocycles. The Morgan fingerprint density at radius 1 is 1.09 bits per heavy atom. The summed E-state index contributed by atoms with van der Waals surface area (Å²) in [5.74, 6) is 0. The van der Waals surface area contributed by atoms with E-state index in [0.29, 0.717) is 0 Å². The van der Waals surface area contributed by atoms with Crippen molar-refractivity contribution in [1.82, 2.24) is 0 Å². The van der Waals surface area contributed by atoms with Gasteiger partial charge in [-0.3, -0.25) is 9.13 Å². The first kappa shape index (κ1) is 14.6. The zero-order valence-electron chi connectivity index (χ0n) is 6.71. The van der Waals surface area contributed by atoms with Crippen LogP contribution in [-0.4, -0.2) is 19.6 Å². The van der Waals surface area contributed by atoms with Gasteiger partial charge < -0.3 is 21.0 Å². The van der Waals surface area contributed by atoms with Gasteiger partial charge in [0.05, 0.1) is 0 Å². The fraction of sp³-hybridized carbons (Fsp3) is 0. The summed E-state index contributed by atoms with van der Waals surface area (Å²) >= 11 is 0. The van der Waals surface area contributed by atoms with Crippen LogP contribution in [0.25, 0.3) is 0 Å². The summed E-state index contributed by atoms with van der Waals surface area (Å²) in [6, 6.07) is 0. The Bertz CT molecular complexity index is 216. The summed E-state index contributed by atoms with van der Waals surface area (Å²) in [7, 11) is -9.67. The molecule has 0 aromatic rings. The molecule has 0 aromatic carbocycles. The molecule has 0 amide bonds. The maximum absolute atomic E-state index is 10.1. The average Bonchev–Trinajstić information content (AvgIpc) is 1.59. The molecule has 0 saturated heterocycles. The van der Waals surface area contributed by atoms with E-state index in [-0.39, 0.29) is 31.0 Å². The van der Waals surface area contributed by atoms with Gasteiger partial charge in [0.1, 0.15) is 5.06 Å². The van der Waals surface area contributed by atoms with Crippen LogP contribution in [0.1, 0.15) is 1.43 Å². The van der Waals surface area contributed by atoms with Gasteiger partial charge in [-0.15, -0.1) is 0 Å². The van der Waals surface area contributed by atoms with Gasteiger partial charge in [0.25, 0.3) is 0 Å². The van der Waals surface area contributed by atoms with Crippen LogP contribution in [0, 0.1) is 0 Å². The van der Waals surface area contributed by atoms with Crippen LogP contribution in [0.15, 0.2) is 11.6 Å². The zero-order valence-corrected chi connectivity index (χ0v) is 9.50. The molecule has 0 spiro atoms. The van der Waals surface area contributed by atoms with Crippen LogP contribution < -0.4 is 29.6 Å².